The van der Waals surface area contributed by atoms with E-state index in [1.54, 1.807) is 11.0 Å². The fourth-order valence-electron chi connectivity index (χ4n) is 2.49. The lowest BCUT2D eigenvalue weighted by Crippen LogP contribution is -2.42. The number of nitrogens with zero attached hydrogens (tertiary/aromatic N) is 4. The lowest BCUT2D eigenvalue weighted by molar-refractivity contribution is -0.136. The first-order valence-electron chi connectivity index (χ1n) is 6.13. The van der Waals surface area contributed by atoms with Crippen LogP contribution in [0.3, 0.4) is 0 Å². The molecule has 2 aromatic rings. The van der Waals surface area contributed by atoms with Crippen molar-refractivity contribution in [3.63, 3.8) is 0 Å². The summed E-state index contributed by atoms with van der Waals surface area (Å²) in [6.07, 6.45) is -0.0116. The van der Waals surface area contributed by atoms with Gasteiger partial charge in [-0.1, -0.05) is 21.1 Å². The van der Waals surface area contributed by atoms with Crippen molar-refractivity contribution in [1.82, 2.24) is 20.6 Å². The zero-order valence-electron chi connectivity index (χ0n) is 10.7. The average Bonchev–Trinajstić information content (AvgIpc) is 2.99. The van der Waals surface area contributed by atoms with Gasteiger partial charge < -0.3 is 10.0 Å². The molecule has 1 amide bonds. The molecule has 1 aliphatic rings. The Labute approximate surface area is 123 Å². The molecule has 1 aliphatic heterocycles. The van der Waals surface area contributed by atoms with Crippen LogP contribution in [-0.2, 0) is 16.8 Å². The van der Waals surface area contributed by atoms with Crippen LogP contribution in [0.1, 0.15) is 18.3 Å². The maximum absolute atomic E-state index is 12.5. The number of hydrogen-bond acceptors (Lipinski definition) is 5. The standard InChI is InChI=1S/C12H12BrN5O2/c1-2-18-9-4-3-7(13)5-8(9)12(20,11(18)19)6-10-14-16-17-15-10/h3-5,20H,2,6H2,1H3,(H,14,15,16,17). The summed E-state index contributed by atoms with van der Waals surface area (Å²) in [7, 11) is 0. The van der Waals surface area contributed by atoms with Crippen molar-refractivity contribution in [3.8, 4) is 0 Å². The maximum Gasteiger partial charge on any atom is 0.264 e. The number of H-pyrrole nitrogens is 1. The molecule has 0 saturated heterocycles. The predicted molar refractivity (Wildman–Crippen MR) is 73.9 cm³/mol. The molecule has 0 aliphatic carbocycles. The Balaban J connectivity index is 2.11. The fourth-order valence-corrected chi connectivity index (χ4v) is 2.85. The van der Waals surface area contributed by atoms with Gasteiger partial charge in [-0.25, -0.2) is 0 Å². The monoisotopic (exact) mass is 337 g/mol. The number of likely N-dealkylation sites (N-methyl/N-ethyl adjacent to an activating group) is 1. The Hall–Kier alpha value is -1.80. The lowest BCUT2D eigenvalue weighted by atomic mass is 9.91. The van der Waals surface area contributed by atoms with Crippen LogP contribution >= 0.6 is 15.9 Å². The zero-order valence-corrected chi connectivity index (χ0v) is 12.3. The van der Waals surface area contributed by atoms with Crippen molar-refractivity contribution in [2.24, 2.45) is 0 Å². The summed E-state index contributed by atoms with van der Waals surface area (Å²) in [6, 6.07) is 5.41. The second-order valence-corrected chi connectivity index (χ2v) is 5.49. The third-order valence-electron chi connectivity index (χ3n) is 3.41. The molecule has 2 N–H and O–H groups in total. The highest BCUT2D eigenvalue weighted by atomic mass is 79.9. The molecule has 1 unspecified atom stereocenters. The van der Waals surface area contributed by atoms with Crippen LogP contribution in [0.2, 0.25) is 0 Å². The smallest absolute Gasteiger partial charge is 0.264 e. The first-order valence-corrected chi connectivity index (χ1v) is 6.92. The van der Waals surface area contributed by atoms with Crippen molar-refractivity contribution in [1.29, 1.82) is 0 Å². The highest BCUT2D eigenvalue weighted by Crippen LogP contribution is 2.42. The number of aromatic nitrogens is 4. The average molecular weight is 338 g/mol. The quantitative estimate of drug-likeness (QED) is 0.862. The van der Waals surface area contributed by atoms with Crippen LogP contribution < -0.4 is 4.90 Å². The Bertz CT molecular complexity index is 660. The van der Waals surface area contributed by atoms with Crippen molar-refractivity contribution in [2.75, 3.05) is 11.4 Å². The number of nitrogens with one attached hydrogen (secondary N) is 1. The minimum absolute atomic E-state index is 0.0116. The third kappa shape index (κ3) is 1.83. The molecular formula is C12H12BrN5O2. The summed E-state index contributed by atoms with van der Waals surface area (Å²) in [5, 5.41) is 24.3. The molecule has 1 aromatic heterocycles. The second-order valence-electron chi connectivity index (χ2n) is 4.58. The van der Waals surface area contributed by atoms with E-state index >= 15 is 0 Å². The summed E-state index contributed by atoms with van der Waals surface area (Å²) in [5.41, 5.74) is -0.380. The number of anilines is 1. The van der Waals surface area contributed by atoms with E-state index in [-0.39, 0.29) is 12.3 Å². The number of aromatic amines is 1. The molecule has 0 saturated carbocycles. The third-order valence-corrected chi connectivity index (χ3v) is 3.91. The van der Waals surface area contributed by atoms with Gasteiger partial charge in [-0.2, -0.15) is 5.21 Å². The van der Waals surface area contributed by atoms with E-state index in [0.29, 0.717) is 23.6 Å². The first-order chi connectivity index (χ1) is 9.56. The minimum atomic E-state index is -1.65. The van der Waals surface area contributed by atoms with Crippen LogP contribution in [0.5, 0.6) is 0 Å². The van der Waals surface area contributed by atoms with Crippen LogP contribution in [0.4, 0.5) is 5.69 Å². The van der Waals surface area contributed by atoms with Gasteiger partial charge in [0.05, 0.1) is 12.1 Å². The topological polar surface area (TPSA) is 95.0 Å². The number of benzene rings is 1. The molecule has 8 heteroatoms. The number of carbonyl (C=O) groups is 1. The molecule has 0 fully saturated rings. The maximum atomic E-state index is 12.5. The minimum Gasteiger partial charge on any atom is -0.375 e. The largest absolute Gasteiger partial charge is 0.375 e. The van der Waals surface area contributed by atoms with Crippen molar-refractivity contribution in [2.45, 2.75) is 18.9 Å². The van der Waals surface area contributed by atoms with E-state index < -0.39 is 5.60 Å². The molecule has 3 rings (SSSR count). The van der Waals surface area contributed by atoms with Crippen LogP contribution in [0, 0.1) is 0 Å². The summed E-state index contributed by atoms with van der Waals surface area (Å²) in [4.78, 5) is 14.1. The van der Waals surface area contributed by atoms with Gasteiger partial charge in [-0.05, 0) is 25.1 Å². The Kier molecular flexibility index (Phi) is 3.06. The van der Waals surface area contributed by atoms with Gasteiger partial charge in [-0.3, -0.25) is 4.79 Å². The van der Waals surface area contributed by atoms with Crippen LogP contribution in [0.15, 0.2) is 22.7 Å². The summed E-state index contributed by atoms with van der Waals surface area (Å²) in [6.45, 7) is 2.35. The number of fused-ring (bicyclic) bond motifs is 1. The fraction of sp³-hybridized carbons (Fsp3) is 0.333. The van der Waals surface area contributed by atoms with Crippen molar-refractivity contribution in [3.05, 3.63) is 34.1 Å². The Morgan fingerprint density at radius 3 is 2.95 bits per heavy atom. The van der Waals surface area contributed by atoms with Gasteiger partial charge in [-0.15, -0.1) is 10.2 Å². The summed E-state index contributed by atoms with van der Waals surface area (Å²) in [5.74, 6) is -0.0670. The van der Waals surface area contributed by atoms with E-state index in [0.717, 1.165) is 4.47 Å². The van der Waals surface area contributed by atoms with Gasteiger partial charge in [0.2, 0.25) is 0 Å². The van der Waals surface area contributed by atoms with E-state index in [9.17, 15) is 9.90 Å². The normalized spacial score (nSPS) is 21.4. The summed E-state index contributed by atoms with van der Waals surface area (Å²) >= 11 is 3.37. The van der Waals surface area contributed by atoms with Crippen molar-refractivity contribution < 1.29 is 9.90 Å². The Morgan fingerprint density at radius 2 is 2.30 bits per heavy atom. The predicted octanol–water partition coefficient (Wildman–Crippen LogP) is 0.759. The zero-order chi connectivity index (χ0) is 14.3. The van der Waals surface area contributed by atoms with E-state index in [1.165, 1.54) is 0 Å². The van der Waals surface area contributed by atoms with Gasteiger partial charge in [0, 0.05) is 16.6 Å². The number of hydrogen-bond donors (Lipinski definition) is 2. The highest BCUT2D eigenvalue weighted by molar-refractivity contribution is 9.10. The first kappa shape index (κ1) is 13.2. The van der Waals surface area contributed by atoms with E-state index in [2.05, 4.69) is 36.6 Å². The van der Waals surface area contributed by atoms with Gasteiger partial charge in [0.1, 0.15) is 0 Å². The number of rotatable bonds is 3. The number of aliphatic hydroxyl groups is 1. The molecule has 0 radical (unpaired) electrons. The van der Waals surface area contributed by atoms with Gasteiger partial charge in [0.25, 0.3) is 5.91 Å². The van der Waals surface area contributed by atoms with E-state index in [1.807, 2.05) is 19.1 Å². The molecule has 0 spiro atoms. The van der Waals surface area contributed by atoms with Crippen molar-refractivity contribution >= 4 is 27.5 Å². The van der Waals surface area contributed by atoms with Crippen LogP contribution in [0.25, 0.3) is 0 Å². The molecule has 2 heterocycles. The molecular weight excluding hydrogens is 326 g/mol. The number of carbonyl (C=O) groups excluding carboxylic acids is 1. The molecule has 20 heavy (non-hydrogen) atoms. The van der Waals surface area contributed by atoms with Gasteiger partial charge >= 0.3 is 0 Å². The second kappa shape index (κ2) is 4.64. The summed E-state index contributed by atoms with van der Waals surface area (Å²) < 4.78 is 0.800. The van der Waals surface area contributed by atoms with Crippen LogP contribution in [-0.4, -0.2) is 38.2 Å². The number of tetrazole rings is 1. The lowest BCUT2D eigenvalue weighted by Gasteiger charge is -2.21. The SMILES string of the molecule is CCN1C(=O)C(O)(Cc2nn[nH]n2)c2cc(Br)ccc21. The van der Waals surface area contributed by atoms with Gasteiger partial charge in [0.15, 0.2) is 11.4 Å². The molecule has 1 atom stereocenters. The molecule has 0 bridgehead atoms. The van der Waals surface area contributed by atoms with E-state index in [4.69, 9.17) is 0 Å². The Morgan fingerprint density at radius 1 is 1.50 bits per heavy atom. The number of halogens is 1. The number of amides is 1. The molecule has 1 aromatic carbocycles. The molecule has 104 valence electrons. The molecule has 7 nitrogen and oxygen atoms in total. The highest BCUT2D eigenvalue weighted by Gasteiger charge is 2.50.